The fraction of sp³-hybridized carbons (Fsp3) is 0.857. The Kier molecular flexibility index (Phi) is 3.58. The van der Waals surface area contributed by atoms with Crippen molar-refractivity contribution >= 4 is 0 Å². The van der Waals surface area contributed by atoms with Crippen LogP contribution >= 0.6 is 0 Å². The van der Waals surface area contributed by atoms with Crippen molar-refractivity contribution in [2.45, 2.75) is 69.0 Å². The monoisotopic (exact) mass is 266 g/mol. The molecular formula is C14H22N2O3. The van der Waals surface area contributed by atoms with Crippen LogP contribution < -0.4 is 0 Å². The molecule has 0 atom stereocenters. The second kappa shape index (κ2) is 5.21. The molecule has 0 amide bonds. The second-order valence-corrected chi connectivity index (χ2v) is 5.87. The summed E-state index contributed by atoms with van der Waals surface area (Å²) in [6.45, 7) is 0. The Bertz CT molecular complexity index is 418. The Labute approximate surface area is 113 Å². The Balaban J connectivity index is 1.75. The lowest BCUT2D eigenvalue weighted by Gasteiger charge is -2.23. The summed E-state index contributed by atoms with van der Waals surface area (Å²) in [5, 5.41) is 13.7. The summed E-state index contributed by atoms with van der Waals surface area (Å²) in [7, 11) is 1.73. The zero-order valence-corrected chi connectivity index (χ0v) is 11.5. The van der Waals surface area contributed by atoms with Crippen LogP contribution in [0.1, 0.15) is 69.0 Å². The van der Waals surface area contributed by atoms with E-state index in [1.165, 1.54) is 0 Å². The largest absolute Gasteiger partial charge is 0.393 e. The molecule has 0 unspecified atom stereocenters. The minimum atomic E-state index is -0.323. The van der Waals surface area contributed by atoms with Gasteiger partial charge in [-0.2, -0.15) is 4.98 Å². The summed E-state index contributed by atoms with van der Waals surface area (Å²) >= 11 is 0. The normalized spacial score (nSPS) is 30.6. The van der Waals surface area contributed by atoms with Gasteiger partial charge in [0, 0.05) is 13.0 Å². The van der Waals surface area contributed by atoms with Crippen LogP contribution in [-0.2, 0) is 10.3 Å². The lowest BCUT2D eigenvalue weighted by atomic mass is 9.87. The van der Waals surface area contributed by atoms with Gasteiger partial charge < -0.3 is 14.4 Å². The Morgan fingerprint density at radius 3 is 2.53 bits per heavy atom. The van der Waals surface area contributed by atoms with E-state index in [1.807, 2.05) is 0 Å². The van der Waals surface area contributed by atoms with Gasteiger partial charge in [-0.3, -0.25) is 0 Å². The number of aromatic nitrogens is 2. The molecule has 1 N–H and O–H groups in total. The topological polar surface area (TPSA) is 68.4 Å². The molecule has 1 heterocycles. The fourth-order valence-electron chi connectivity index (χ4n) is 3.37. The Hall–Kier alpha value is -0.940. The van der Waals surface area contributed by atoms with Crippen molar-refractivity contribution in [1.82, 2.24) is 10.1 Å². The van der Waals surface area contributed by atoms with Crippen LogP contribution in [0.3, 0.4) is 0 Å². The number of hydrogen-bond acceptors (Lipinski definition) is 5. The first kappa shape index (κ1) is 13.1. The molecule has 0 spiro atoms. The number of hydrogen-bond donors (Lipinski definition) is 1. The van der Waals surface area contributed by atoms with E-state index in [0.717, 1.165) is 57.3 Å². The standard InChI is InChI=1S/C14H22N2O3/c1-18-14(8-2-3-9-14)13-15-12(19-16-13)10-4-6-11(17)7-5-10/h10-11,17H,2-9H2,1H3. The number of rotatable bonds is 3. The van der Waals surface area contributed by atoms with Crippen LogP contribution in [0.25, 0.3) is 0 Å². The van der Waals surface area contributed by atoms with Crippen LogP contribution in [-0.4, -0.2) is 28.5 Å². The van der Waals surface area contributed by atoms with Gasteiger partial charge in [0.05, 0.1) is 6.10 Å². The van der Waals surface area contributed by atoms with Gasteiger partial charge >= 0.3 is 0 Å². The molecule has 0 aromatic carbocycles. The van der Waals surface area contributed by atoms with Gasteiger partial charge in [0.15, 0.2) is 0 Å². The van der Waals surface area contributed by atoms with E-state index < -0.39 is 0 Å². The first-order valence-electron chi connectivity index (χ1n) is 7.31. The first-order valence-corrected chi connectivity index (χ1v) is 7.31. The predicted molar refractivity (Wildman–Crippen MR) is 68.7 cm³/mol. The summed E-state index contributed by atoms with van der Waals surface area (Å²) < 4.78 is 11.1. The summed E-state index contributed by atoms with van der Waals surface area (Å²) in [4.78, 5) is 4.60. The minimum Gasteiger partial charge on any atom is -0.393 e. The van der Waals surface area contributed by atoms with E-state index in [9.17, 15) is 5.11 Å². The van der Waals surface area contributed by atoms with E-state index in [-0.39, 0.29) is 11.7 Å². The predicted octanol–water partition coefficient (Wildman–Crippen LogP) is 2.50. The minimum absolute atomic E-state index is 0.154. The van der Waals surface area contributed by atoms with Crippen molar-refractivity contribution in [1.29, 1.82) is 0 Å². The van der Waals surface area contributed by atoms with Crippen molar-refractivity contribution < 1.29 is 14.4 Å². The highest BCUT2D eigenvalue weighted by Gasteiger charge is 2.40. The SMILES string of the molecule is COC1(c2noc(C3CCC(O)CC3)n2)CCCC1. The third-order valence-electron chi connectivity index (χ3n) is 4.70. The van der Waals surface area contributed by atoms with E-state index in [1.54, 1.807) is 7.11 Å². The number of aliphatic hydroxyl groups is 1. The zero-order chi connectivity index (χ0) is 13.3. The molecule has 0 bridgehead atoms. The molecule has 1 aromatic rings. The third kappa shape index (κ3) is 2.41. The van der Waals surface area contributed by atoms with E-state index >= 15 is 0 Å². The lowest BCUT2D eigenvalue weighted by Crippen LogP contribution is -2.26. The zero-order valence-electron chi connectivity index (χ0n) is 11.5. The van der Waals surface area contributed by atoms with Gasteiger partial charge in [0.25, 0.3) is 0 Å². The molecule has 0 aliphatic heterocycles. The highest BCUT2D eigenvalue weighted by Crippen LogP contribution is 2.41. The molecule has 2 saturated carbocycles. The van der Waals surface area contributed by atoms with Crippen molar-refractivity contribution in [2.24, 2.45) is 0 Å². The summed E-state index contributed by atoms with van der Waals surface area (Å²) in [5.74, 6) is 1.75. The third-order valence-corrected chi connectivity index (χ3v) is 4.70. The van der Waals surface area contributed by atoms with Crippen molar-refractivity contribution in [3.8, 4) is 0 Å². The fourth-order valence-corrected chi connectivity index (χ4v) is 3.37. The van der Waals surface area contributed by atoms with Crippen LogP contribution in [0.15, 0.2) is 4.52 Å². The Morgan fingerprint density at radius 2 is 1.89 bits per heavy atom. The van der Waals surface area contributed by atoms with Gasteiger partial charge in [-0.25, -0.2) is 0 Å². The summed E-state index contributed by atoms with van der Waals surface area (Å²) in [6, 6.07) is 0. The molecule has 0 radical (unpaired) electrons. The molecule has 2 aliphatic rings. The molecule has 3 rings (SSSR count). The van der Waals surface area contributed by atoms with Gasteiger partial charge in [-0.1, -0.05) is 5.16 Å². The maximum atomic E-state index is 9.54. The quantitative estimate of drug-likeness (QED) is 0.910. The van der Waals surface area contributed by atoms with Crippen molar-refractivity contribution in [3.05, 3.63) is 11.7 Å². The highest BCUT2D eigenvalue weighted by atomic mass is 16.5. The van der Waals surface area contributed by atoms with E-state index in [2.05, 4.69) is 10.1 Å². The van der Waals surface area contributed by atoms with Gasteiger partial charge in [-0.15, -0.1) is 0 Å². The highest BCUT2D eigenvalue weighted by molar-refractivity contribution is 5.06. The molecule has 0 saturated heterocycles. The summed E-state index contributed by atoms with van der Waals surface area (Å²) in [6.07, 6.45) is 7.65. The number of aliphatic hydroxyl groups excluding tert-OH is 1. The molecule has 5 heteroatoms. The molecule has 106 valence electrons. The van der Waals surface area contributed by atoms with Gasteiger partial charge in [0.2, 0.25) is 11.7 Å². The van der Waals surface area contributed by atoms with Gasteiger partial charge in [0.1, 0.15) is 5.60 Å². The molecule has 5 nitrogen and oxygen atoms in total. The van der Waals surface area contributed by atoms with Crippen LogP contribution in [0, 0.1) is 0 Å². The van der Waals surface area contributed by atoms with Crippen LogP contribution in [0.2, 0.25) is 0 Å². The van der Waals surface area contributed by atoms with Crippen molar-refractivity contribution in [2.75, 3.05) is 7.11 Å². The Morgan fingerprint density at radius 1 is 1.21 bits per heavy atom. The smallest absolute Gasteiger partial charge is 0.229 e. The van der Waals surface area contributed by atoms with Crippen LogP contribution in [0.4, 0.5) is 0 Å². The summed E-state index contributed by atoms with van der Waals surface area (Å²) in [5.41, 5.74) is -0.323. The maximum absolute atomic E-state index is 9.54. The van der Waals surface area contributed by atoms with Gasteiger partial charge in [-0.05, 0) is 51.4 Å². The van der Waals surface area contributed by atoms with E-state index in [0.29, 0.717) is 11.7 Å². The molecular weight excluding hydrogens is 244 g/mol. The number of methoxy groups -OCH3 is 1. The maximum Gasteiger partial charge on any atom is 0.229 e. The molecule has 2 fully saturated rings. The molecule has 1 aromatic heterocycles. The van der Waals surface area contributed by atoms with Crippen molar-refractivity contribution in [3.63, 3.8) is 0 Å². The average molecular weight is 266 g/mol. The van der Waals surface area contributed by atoms with E-state index in [4.69, 9.17) is 9.26 Å². The number of nitrogens with zero attached hydrogens (tertiary/aromatic N) is 2. The molecule has 2 aliphatic carbocycles. The lowest BCUT2D eigenvalue weighted by molar-refractivity contribution is -0.0178. The number of ether oxygens (including phenoxy) is 1. The van der Waals surface area contributed by atoms with Crippen LogP contribution in [0.5, 0.6) is 0 Å². The average Bonchev–Trinajstić information content (AvgIpc) is 3.09. The second-order valence-electron chi connectivity index (χ2n) is 5.87. The first-order chi connectivity index (χ1) is 9.23. The molecule has 19 heavy (non-hydrogen) atoms.